The molecule has 4 nitrogen and oxygen atoms in total. The van der Waals surface area contributed by atoms with Crippen molar-refractivity contribution in [2.45, 2.75) is 38.6 Å². The van der Waals surface area contributed by atoms with E-state index in [1.165, 1.54) is 0 Å². The number of carbonyl (C=O) groups is 1. The highest BCUT2D eigenvalue weighted by atomic mass is 32.2. The Balaban J connectivity index is 1.81. The molecule has 1 aromatic heterocycles. The van der Waals surface area contributed by atoms with Crippen LogP contribution in [0.3, 0.4) is 0 Å². The van der Waals surface area contributed by atoms with Gasteiger partial charge >= 0.3 is 0 Å². The first-order chi connectivity index (χ1) is 13.1. The molecule has 142 valence electrons. The molecule has 2 aromatic carbocycles. The van der Waals surface area contributed by atoms with E-state index in [1.54, 1.807) is 11.8 Å². The number of benzene rings is 2. The Bertz CT molecular complexity index is 889. The number of aromatic nitrogens is 2. The van der Waals surface area contributed by atoms with Crippen LogP contribution in [0, 0.1) is 5.92 Å². The number of nitrogens with zero attached hydrogens (tertiary/aromatic N) is 2. The Morgan fingerprint density at radius 1 is 1.11 bits per heavy atom. The van der Waals surface area contributed by atoms with E-state index in [0.717, 1.165) is 34.6 Å². The van der Waals surface area contributed by atoms with E-state index in [1.807, 2.05) is 47.0 Å². The highest BCUT2D eigenvalue weighted by molar-refractivity contribution is 7.97. The Morgan fingerprint density at radius 2 is 1.81 bits per heavy atom. The Hall–Kier alpha value is -2.27. The average Bonchev–Trinajstić information content (AvgIpc) is 2.99. The second-order valence-corrected chi connectivity index (χ2v) is 8.06. The molecule has 1 unspecified atom stereocenters. The molecule has 0 aliphatic rings. The molecule has 3 aromatic rings. The zero-order valence-corrected chi connectivity index (χ0v) is 17.0. The molecule has 0 bridgehead atoms. The number of rotatable bonds is 8. The SMILES string of the molecule is CSCc1nc2ccccc2n1CC(=O)NC(CC(C)C)c1ccccc1. The maximum atomic E-state index is 12.9. The van der Waals surface area contributed by atoms with Crippen LogP contribution in [-0.4, -0.2) is 21.7 Å². The molecule has 5 heteroatoms. The smallest absolute Gasteiger partial charge is 0.240 e. The van der Waals surface area contributed by atoms with Crippen LogP contribution < -0.4 is 5.32 Å². The summed E-state index contributed by atoms with van der Waals surface area (Å²) in [6.07, 6.45) is 2.97. The van der Waals surface area contributed by atoms with E-state index < -0.39 is 0 Å². The molecule has 27 heavy (non-hydrogen) atoms. The van der Waals surface area contributed by atoms with Crippen LogP contribution in [0.2, 0.25) is 0 Å². The molecular weight excluding hydrogens is 354 g/mol. The number of imidazole rings is 1. The van der Waals surface area contributed by atoms with Crippen LogP contribution in [0.5, 0.6) is 0 Å². The van der Waals surface area contributed by atoms with Crippen molar-refractivity contribution in [2.75, 3.05) is 6.26 Å². The number of para-hydroxylation sites is 2. The zero-order chi connectivity index (χ0) is 19.2. The van der Waals surface area contributed by atoms with Crippen molar-refractivity contribution >= 4 is 28.7 Å². The first-order valence-corrected chi connectivity index (χ1v) is 10.7. The summed E-state index contributed by atoms with van der Waals surface area (Å²) in [6.45, 7) is 4.65. The summed E-state index contributed by atoms with van der Waals surface area (Å²) in [5, 5.41) is 3.24. The standard InChI is InChI=1S/C22H27N3OS/c1-16(2)13-19(17-9-5-4-6-10-17)24-22(26)14-25-20-12-8-7-11-18(20)23-21(25)15-27-3/h4-12,16,19H,13-15H2,1-3H3,(H,24,26). The van der Waals surface area contributed by atoms with E-state index in [0.29, 0.717) is 5.92 Å². The molecule has 0 fully saturated rings. The summed E-state index contributed by atoms with van der Waals surface area (Å²) < 4.78 is 2.04. The molecule has 0 spiro atoms. The van der Waals surface area contributed by atoms with Gasteiger partial charge in [0.15, 0.2) is 0 Å². The normalized spacial score (nSPS) is 12.4. The molecule has 0 saturated carbocycles. The van der Waals surface area contributed by atoms with Crippen molar-refractivity contribution in [3.63, 3.8) is 0 Å². The maximum Gasteiger partial charge on any atom is 0.240 e. The van der Waals surface area contributed by atoms with Crippen molar-refractivity contribution in [1.29, 1.82) is 0 Å². The van der Waals surface area contributed by atoms with Crippen molar-refractivity contribution in [3.05, 3.63) is 66.0 Å². The van der Waals surface area contributed by atoms with Crippen LogP contribution in [0.1, 0.15) is 37.7 Å². The second-order valence-electron chi connectivity index (χ2n) is 7.20. The van der Waals surface area contributed by atoms with E-state index in [-0.39, 0.29) is 18.5 Å². The summed E-state index contributed by atoms with van der Waals surface area (Å²) >= 11 is 1.72. The van der Waals surface area contributed by atoms with Gasteiger partial charge in [0.1, 0.15) is 12.4 Å². The minimum atomic E-state index is 0.0232. The van der Waals surface area contributed by atoms with Crippen molar-refractivity contribution in [2.24, 2.45) is 5.92 Å². The second kappa shape index (κ2) is 9.09. The largest absolute Gasteiger partial charge is 0.348 e. The molecule has 1 heterocycles. The minimum Gasteiger partial charge on any atom is -0.348 e. The fraction of sp³-hybridized carbons (Fsp3) is 0.364. The van der Waals surface area contributed by atoms with Crippen molar-refractivity contribution in [1.82, 2.24) is 14.9 Å². The van der Waals surface area contributed by atoms with E-state index in [9.17, 15) is 4.79 Å². The summed E-state index contributed by atoms with van der Waals surface area (Å²) in [5.41, 5.74) is 3.10. The van der Waals surface area contributed by atoms with Gasteiger partial charge in [-0.15, -0.1) is 0 Å². The quantitative estimate of drug-likeness (QED) is 0.609. The molecule has 1 N–H and O–H groups in total. The lowest BCUT2D eigenvalue weighted by atomic mass is 9.97. The van der Waals surface area contributed by atoms with E-state index >= 15 is 0 Å². The predicted octanol–water partition coefficient (Wildman–Crippen LogP) is 4.80. The van der Waals surface area contributed by atoms with Crippen LogP contribution in [0.25, 0.3) is 11.0 Å². The fourth-order valence-electron chi connectivity index (χ4n) is 3.36. The fourth-order valence-corrected chi connectivity index (χ4v) is 3.84. The topological polar surface area (TPSA) is 46.9 Å². The van der Waals surface area contributed by atoms with Gasteiger partial charge in [-0.3, -0.25) is 4.79 Å². The predicted molar refractivity (Wildman–Crippen MR) is 114 cm³/mol. The third-order valence-corrected chi connectivity index (χ3v) is 5.10. The van der Waals surface area contributed by atoms with Gasteiger partial charge in [0, 0.05) is 0 Å². The number of carbonyl (C=O) groups excluding carboxylic acids is 1. The Kier molecular flexibility index (Phi) is 6.56. The number of thioether (sulfide) groups is 1. The first kappa shape index (κ1) is 19.5. The average molecular weight is 382 g/mol. The number of nitrogens with one attached hydrogen (secondary N) is 1. The summed E-state index contributed by atoms with van der Waals surface area (Å²) in [7, 11) is 0. The maximum absolute atomic E-state index is 12.9. The first-order valence-electron chi connectivity index (χ1n) is 9.36. The van der Waals surface area contributed by atoms with Crippen molar-refractivity contribution < 1.29 is 4.79 Å². The number of amides is 1. The van der Waals surface area contributed by atoms with Gasteiger partial charge in [-0.25, -0.2) is 4.98 Å². The number of hydrogen-bond donors (Lipinski definition) is 1. The van der Waals surface area contributed by atoms with E-state index in [4.69, 9.17) is 4.98 Å². The van der Waals surface area contributed by atoms with E-state index in [2.05, 4.69) is 37.6 Å². The molecule has 1 atom stereocenters. The van der Waals surface area contributed by atoms with Gasteiger partial charge in [0.2, 0.25) is 5.91 Å². The van der Waals surface area contributed by atoms with Gasteiger partial charge < -0.3 is 9.88 Å². The molecule has 3 rings (SSSR count). The highest BCUT2D eigenvalue weighted by Gasteiger charge is 2.18. The summed E-state index contributed by atoms with van der Waals surface area (Å²) in [6, 6.07) is 18.2. The van der Waals surface area contributed by atoms with Gasteiger partial charge in [-0.05, 0) is 36.3 Å². The zero-order valence-electron chi connectivity index (χ0n) is 16.2. The van der Waals surface area contributed by atoms with Crippen LogP contribution in [-0.2, 0) is 17.1 Å². The molecule has 0 radical (unpaired) electrons. The lowest BCUT2D eigenvalue weighted by molar-refractivity contribution is -0.122. The molecule has 0 saturated heterocycles. The molecule has 0 aliphatic heterocycles. The highest BCUT2D eigenvalue weighted by Crippen LogP contribution is 2.22. The Morgan fingerprint density at radius 3 is 2.52 bits per heavy atom. The molecule has 0 aliphatic carbocycles. The summed E-state index contributed by atoms with van der Waals surface area (Å²) in [5.74, 6) is 2.25. The van der Waals surface area contributed by atoms with Gasteiger partial charge in [-0.2, -0.15) is 11.8 Å². The van der Waals surface area contributed by atoms with Crippen LogP contribution >= 0.6 is 11.8 Å². The lowest BCUT2D eigenvalue weighted by Crippen LogP contribution is -2.32. The number of hydrogen-bond acceptors (Lipinski definition) is 3. The van der Waals surface area contributed by atoms with Gasteiger partial charge in [0.25, 0.3) is 0 Å². The third kappa shape index (κ3) is 4.92. The molecule has 1 amide bonds. The lowest BCUT2D eigenvalue weighted by Gasteiger charge is -2.21. The van der Waals surface area contributed by atoms with Gasteiger partial charge in [-0.1, -0.05) is 56.3 Å². The number of fused-ring (bicyclic) bond motifs is 1. The minimum absolute atomic E-state index is 0.0232. The monoisotopic (exact) mass is 381 g/mol. The van der Waals surface area contributed by atoms with Crippen LogP contribution in [0.4, 0.5) is 0 Å². The third-order valence-electron chi connectivity index (χ3n) is 4.55. The van der Waals surface area contributed by atoms with Crippen LogP contribution in [0.15, 0.2) is 54.6 Å². The molecular formula is C22H27N3OS. The summed E-state index contributed by atoms with van der Waals surface area (Å²) in [4.78, 5) is 17.6. The van der Waals surface area contributed by atoms with Gasteiger partial charge in [0.05, 0.1) is 22.8 Å². The Labute approximate surface area is 165 Å². The van der Waals surface area contributed by atoms with Crippen molar-refractivity contribution in [3.8, 4) is 0 Å².